The molecule has 2 aromatic carbocycles. The van der Waals surface area contributed by atoms with Crippen LogP contribution in [0.3, 0.4) is 0 Å². The van der Waals surface area contributed by atoms with Crippen LogP contribution in [0.1, 0.15) is 18.4 Å². The Balaban J connectivity index is 1.69. The second-order valence-corrected chi connectivity index (χ2v) is 6.07. The number of benzene rings is 2. The van der Waals surface area contributed by atoms with Crippen molar-refractivity contribution in [1.29, 1.82) is 0 Å². The highest BCUT2D eigenvalue weighted by atomic mass is 16.6. The Morgan fingerprint density at radius 3 is 2.52 bits per heavy atom. The van der Waals surface area contributed by atoms with E-state index < -0.39 is 0 Å². The van der Waals surface area contributed by atoms with E-state index in [0.717, 1.165) is 17.1 Å². The summed E-state index contributed by atoms with van der Waals surface area (Å²) in [5.74, 6) is 1.16. The minimum Gasteiger partial charge on any atom is -0.486 e. The van der Waals surface area contributed by atoms with Crippen molar-refractivity contribution in [2.45, 2.75) is 18.9 Å². The molecule has 25 heavy (non-hydrogen) atoms. The Bertz CT molecular complexity index is 705. The average molecular weight is 340 g/mol. The highest BCUT2D eigenvalue weighted by Gasteiger charge is 2.28. The van der Waals surface area contributed by atoms with Crippen LogP contribution in [0.4, 0.5) is 0 Å². The van der Waals surface area contributed by atoms with E-state index in [1.165, 1.54) is 0 Å². The second kappa shape index (κ2) is 8.03. The summed E-state index contributed by atoms with van der Waals surface area (Å²) < 4.78 is 11.7. The van der Waals surface area contributed by atoms with E-state index in [4.69, 9.17) is 15.2 Å². The number of carbonyl (C=O) groups excluding carboxylic acids is 1. The summed E-state index contributed by atoms with van der Waals surface area (Å²) in [6.07, 6.45) is -0.187. The number of likely N-dealkylation sites (N-methyl/N-ethyl adjacent to an activating group) is 1. The number of para-hydroxylation sites is 2. The monoisotopic (exact) mass is 340 g/mol. The Kier molecular flexibility index (Phi) is 5.56. The first-order valence-electron chi connectivity index (χ1n) is 8.65. The summed E-state index contributed by atoms with van der Waals surface area (Å²) in [4.78, 5) is 14.8. The highest BCUT2D eigenvalue weighted by molar-refractivity contribution is 5.84. The molecule has 0 bridgehead atoms. The lowest BCUT2D eigenvalue weighted by atomic mass is 9.97. The van der Waals surface area contributed by atoms with Crippen LogP contribution in [0, 0.1) is 0 Å². The van der Waals surface area contributed by atoms with Crippen LogP contribution in [-0.4, -0.2) is 43.2 Å². The SMILES string of the molecule is CCN(CC1COc2ccccc2O1)C(=O)C(CN)c1ccccc1. The minimum atomic E-state index is -0.335. The molecule has 132 valence electrons. The fourth-order valence-electron chi connectivity index (χ4n) is 3.06. The van der Waals surface area contributed by atoms with Gasteiger partial charge in [-0.25, -0.2) is 0 Å². The van der Waals surface area contributed by atoms with E-state index in [1.807, 2.05) is 61.5 Å². The number of nitrogens with zero attached hydrogens (tertiary/aromatic N) is 1. The predicted octanol–water partition coefficient (Wildman–Crippen LogP) is 2.42. The number of hydrogen-bond acceptors (Lipinski definition) is 4. The maximum absolute atomic E-state index is 13.0. The van der Waals surface area contributed by atoms with Crippen molar-refractivity contribution >= 4 is 5.91 Å². The van der Waals surface area contributed by atoms with E-state index in [0.29, 0.717) is 19.7 Å². The van der Waals surface area contributed by atoms with Gasteiger partial charge >= 0.3 is 0 Å². The van der Waals surface area contributed by atoms with Gasteiger partial charge in [0, 0.05) is 13.1 Å². The number of carbonyl (C=O) groups is 1. The summed E-state index contributed by atoms with van der Waals surface area (Å²) in [5.41, 5.74) is 6.84. The van der Waals surface area contributed by atoms with Crippen LogP contribution in [0.15, 0.2) is 54.6 Å². The molecule has 0 radical (unpaired) electrons. The Morgan fingerprint density at radius 2 is 1.84 bits per heavy atom. The first-order chi connectivity index (χ1) is 12.2. The molecule has 5 heteroatoms. The largest absolute Gasteiger partial charge is 0.486 e. The molecule has 5 nitrogen and oxygen atoms in total. The molecule has 0 saturated heterocycles. The van der Waals surface area contributed by atoms with Crippen LogP contribution in [0.25, 0.3) is 0 Å². The second-order valence-electron chi connectivity index (χ2n) is 6.07. The third-order valence-corrected chi connectivity index (χ3v) is 4.42. The summed E-state index contributed by atoms with van der Waals surface area (Å²) in [7, 11) is 0. The molecular weight excluding hydrogens is 316 g/mol. The van der Waals surface area contributed by atoms with Gasteiger partial charge in [-0.3, -0.25) is 4.79 Å². The van der Waals surface area contributed by atoms with Gasteiger partial charge in [0.05, 0.1) is 12.5 Å². The molecule has 0 saturated carbocycles. The molecule has 1 amide bonds. The molecule has 2 atom stereocenters. The van der Waals surface area contributed by atoms with Crippen LogP contribution in [0.5, 0.6) is 11.5 Å². The van der Waals surface area contributed by atoms with Crippen LogP contribution in [0.2, 0.25) is 0 Å². The molecule has 0 aliphatic carbocycles. The van der Waals surface area contributed by atoms with Gasteiger partial charge in [0.1, 0.15) is 6.61 Å². The lowest BCUT2D eigenvalue weighted by Crippen LogP contribution is -2.46. The molecule has 0 fully saturated rings. The zero-order valence-electron chi connectivity index (χ0n) is 14.4. The highest BCUT2D eigenvalue weighted by Crippen LogP contribution is 2.31. The Labute approximate surface area is 148 Å². The normalized spacial score (nSPS) is 17.0. The molecule has 0 aromatic heterocycles. The van der Waals surface area contributed by atoms with E-state index in [9.17, 15) is 4.79 Å². The molecule has 0 spiro atoms. The lowest BCUT2D eigenvalue weighted by molar-refractivity contribution is -0.134. The van der Waals surface area contributed by atoms with Crippen molar-refractivity contribution in [2.75, 3.05) is 26.2 Å². The summed E-state index contributed by atoms with van der Waals surface area (Å²) in [6.45, 7) is 3.76. The Morgan fingerprint density at radius 1 is 1.16 bits per heavy atom. The maximum Gasteiger partial charge on any atom is 0.231 e. The van der Waals surface area contributed by atoms with Gasteiger partial charge in [-0.05, 0) is 24.6 Å². The van der Waals surface area contributed by atoms with Crippen LogP contribution >= 0.6 is 0 Å². The quantitative estimate of drug-likeness (QED) is 0.877. The van der Waals surface area contributed by atoms with E-state index >= 15 is 0 Å². The number of fused-ring (bicyclic) bond motifs is 1. The zero-order chi connectivity index (χ0) is 17.6. The van der Waals surface area contributed by atoms with Crippen molar-refractivity contribution < 1.29 is 14.3 Å². The Hall–Kier alpha value is -2.53. The molecule has 1 aliphatic heterocycles. The molecule has 2 N–H and O–H groups in total. The third kappa shape index (κ3) is 3.94. The van der Waals surface area contributed by atoms with Gasteiger partial charge in [0.25, 0.3) is 0 Å². The summed E-state index contributed by atoms with van der Waals surface area (Å²) in [6, 6.07) is 17.3. The summed E-state index contributed by atoms with van der Waals surface area (Å²) >= 11 is 0. The molecule has 1 aliphatic rings. The topological polar surface area (TPSA) is 64.8 Å². The van der Waals surface area contributed by atoms with E-state index in [-0.39, 0.29) is 24.5 Å². The van der Waals surface area contributed by atoms with Gasteiger partial charge in [0.15, 0.2) is 17.6 Å². The van der Waals surface area contributed by atoms with Crippen molar-refractivity contribution in [3.05, 3.63) is 60.2 Å². The maximum atomic E-state index is 13.0. The fraction of sp³-hybridized carbons (Fsp3) is 0.350. The first kappa shape index (κ1) is 17.3. The van der Waals surface area contributed by atoms with E-state index in [1.54, 1.807) is 4.90 Å². The molecule has 1 heterocycles. The first-order valence-corrected chi connectivity index (χ1v) is 8.65. The zero-order valence-corrected chi connectivity index (χ0v) is 14.4. The van der Waals surface area contributed by atoms with Gasteiger partial charge in [-0.2, -0.15) is 0 Å². The van der Waals surface area contributed by atoms with Crippen molar-refractivity contribution in [3.63, 3.8) is 0 Å². The third-order valence-electron chi connectivity index (χ3n) is 4.42. The number of hydrogen-bond donors (Lipinski definition) is 1. The number of rotatable bonds is 6. The van der Waals surface area contributed by atoms with Crippen LogP contribution in [-0.2, 0) is 4.79 Å². The van der Waals surface area contributed by atoms with Crippen molar-refractivity contribution in [3.8, 4) is 11.5 Å². The van der Waals surface area contributed by atoms with Gasteiger partial charge in [0.2, 0.25) is 5.91 Å². The summed E-state index contributed by atoms with van der Waals surface area (Å²) in [5, 5.41) is 0. The molecule has 3 rings (SSSR count). The smallest absolute Gasteiger partial charge is 0.231 e. The molecular formula is C20H24N2O3. The predicted molar refractivity (Wildman–Crippen MR) is 96.8 cm³/mol. The van der Waals surface area contributed by atoms with Gasteiger partial charge < -0.3 is 20.1 Å². The fourth-order valence-corrected chi connectivity index (χ4v) is 3.06. The minimum absolute atomic E-state index is 0.0265. The van der Waals surface area contributed by atoms with Crippen molar-refractivity contribution in [1.82, 2.24) is 4.90 Å². The number of ether oxygens (including phenoxy) is 2. The number of nitrogens with two attached hydrogens (primary N) is 1. The standard InChI is InChI=1S/C20H24N2O3/c1-2-22(20(23)17(12-21)15-8-4-3-5-9-15)13-16-14-24-18-10-6-7-11-19(18)25-16/h3-11,16-17H,2,12-14,21H2,1H3. The van der Waals surface area contributed by atoms with Gasteiger partial charge in [-0.1, -0.05) is 42.5 Å². The van der Waals surface area contributed by atoms with Crippen molar-refractivity contribution in [2.24, 2.45) is 5.73 Å². The average Bonchev–Trinajstić information content (AvgIpc) is 2.67. The molecule has 2 unspecified atom stereocenters. The molecule has 2 aromatic rings. The van der Waals surface area contributed by atoms with E-state index in [2.05, 4.69) is 0 Å². The number of amides is 1. The van der Waals surface area contributed by atoms with Crippen LogP contribution < -0.4 is 15.2 Å². The van der Waals surface area contributed by atoms with Gasteiger partial charge in [-0.15, -0.1) is 0 Å². The lowest BCUT2D eigenvalue weighted by Gasteiger charge is -2.32.